The number of allylic oxidation sites excluding steroid dienone is 3. The second kappa shape index (κ2) is 50.9. The van der Waals surface area contributed by atoms with Crippen molar-refractivity contribution in [3.8, 4) is 0 Å². The fourth-order valence-corrected chi connectivity index (χ4v) is 9.72. The van der Waals surface area contributed by atoms with E-state index in [-0.39, 0.29) is 19.1 Å². The molecule has 0 rings (SSSR count). The van der Waals surface area contributed by atoms with Crippen LogP contribution in [0.3, 0.4) is 0 Å². The zero-order chi connectivity index (χ0) is 49.9. The Morgan fingerprint density at radius 2 is 0.794 bits per heavy atom. The van der Waals surface area contributed by atoms with Crippen molar-refractivity contribution in [1.82, 2.24) is 5.32 Å². The summed E-state index contributed by atoms with van der Waals surface area (Å²) in [6, 6.07) is -0.839. The molecular weight excluding hydrogens is 864 g/mol. The van der Waals surface area contributed by atoms with E-state index in [0.29, 0.717) is 17.4 Å². The average molecular weight is 983 g/mol. The standard InChI is InChI=1S/C59H117N2O6P/c1-6-8-10-12-13-14-15-16-17-18-19-20-21-22-23-24-25-26-27-28-29-30-31-32-33-34-35-36-37-38-39-40-41-42-43-44-45-46-47-49-51-53-59(63)60-57(58(62)52-50-48-11-9-7-2)56-67-68(64,65)66-55-54-61(3,4)5/h18-19,50,52,57-58,62H,6-17,20-49,51,53-56H2,1-5H3,(H-,60,63,64,65)/p+1/b19-18-,52-50+. The number of carbonyl (C=O) groups is 1. The van der Waals surface area contributed by atoms with Crippen LogP contribution < -0.4 is 5.32 Å². The molecule has 0 radical (unpaired) electrons. The number of quaternary nitrogens is 1. The number of hydrogen-bond acceptors (Lipinski definition) is 5. The minimum absolute atomic E-state index is 0.0629. The number of unbranched alkanes of at least 4 members (excludes halogenated alkanes) is 40. The molecule has 0 aliphatic carbocycles. The normalized spacial score (nSPS) is 14.0. The first kappa shape index (κ1) is 67.0. The van der Waals surface area contributed by atoms with Gasteiger partial charge in [0.15, 0.2) is 0 Å². The second-order valence-corrected chi connectivity index (χ2v) is 23.2. The molecule has 0 spiro atoms. The summed E-state index contributed by atoms with van der Waals surface area (Å²) in [5, 5.41) is 13.7. The van der Waals surface area contributed by atoms with Crippen molar-refractivity contribution >= 4 is 13.7 Å². The number of hydrogen-bond donors (Lipinski definition) is 3. The predicted molar refractivity (Wildman–Crippen MR) is 295 cm³/mol. The summed E-state index contributed by atoms with van der Waals surface area (Å²) in [5.41, 5.74) is 0. The highest BCUT2D eigenvalue weighted by Gasteiger charge is 2.27. The molecule has 8 nitrogen and oxygen atoms in total. The van der Waals surface area contributed by atoms with Gasteiger partial charge in [0.25, 0.3) is 0 Å². The monoisotopic (exact) mass is 982 g/mol. The number of nitrogens with zero attached hydrogens (tertiary/aromatic N) is 1. The molecule has 3 unspecified atom stereocenters. The third kappa shape index (κ3) is 52.8. The lowest BCUT2D eigenvalue weighted by atomic mass is 10.0. The fourth-order valence-electron chi connectivity index (χ4n) is 8.98. The van der Waals surface area contributed by atoms with E-state index in [4.69, 9.17) is 9.05 Å². The summed E-state index contributed by atoms with van der Waals surface area (Å²) in [5.74, 6) is -0.179. The van der Waals surface area contributed by atoms with Crippen LogP contribution in [0.5, 0.6) is 0 Å². The van der Waals surface area contributed by atoms with Gasteiger partial charge in [-0.25, -0.2) is 4.57 Å². The van der Waals surface area contributed by atoms with Gasteiger partial charge in [0, 0.05) is 6.42 Å². The van der Waals surface area contributed by atoms with Gasteiger partial charge in [-0.3, -0.25) is 13.8 Å². The van der Waals surface area contributed by atoms with Gasteiger partial charge >= 0.3 is 7.82 Å². The van der Waals surface area contributed by atoms with E-state index in [1.54, 1.807) is 6.08 Å². The summed E-state index contributed by atoms with van der Waals surface area (Å²) >= 11 is 0. The summed E-state index contributed by atoms with van der Waals surface area (Å²) in [4.78, 5) is 23.0. The van der Waals surface area contributed by atoms with Gasteiger partial charge < -0.3 is 19.8 Å². The van der Waals surface area contributed by atoms with E-state index >= 15 is 0 Å². The quantitative estimate of drug-likeness (QED) is 0.0243. The second-order valence-electron chi connectivity index (χ2n) is 21.7. The predicted octanol–water partition coefficient (Wildman–Crippen LogP) is 18.0. The van der Waals surface area contributed by atoms with Crippen LogP contribution in [0.15, 0.2) is 24.3 Å². The molecule has 0 bridgehead atoms. The first-order valence-electron chi connectivity index (χ1n) is 29.7. The number of aliphatic hydroxyl groups is 1. The van der Waals surface area contributed by atoms with Gasteiger partial charge in [0.1, 0.15) is 13.2 Å². The van der Waals surface area contributed by atoms with Crippen molar-refractivity contribution in [3.63, 3.8) is 0 Å². The Hall–Kier alpha value is -1.02. The summed E-state index contributed by atoms with van der Waals surface area (Å²) in [6.07, 6.45) is 65.3. The van der Waals surface area contributed by atoms with E-state index in [9.17, 15) is 19.4 Å². The Balaban J connectivity index is 3.61. The van der Waals surface area contributed by atoms with Crippen molar-refractivity contribution in [3.05, 3.63) is 24.3 Å². The maximum atomic E-state index is 12.8. The van der Waals surface area contributed by atoms with Crippen molar-refractivity contribution in [2.24, 2.45) is 0 Å². The molecule has 404 valence electrons. The summed E-state index contributed by atoms with van der Waals surface area (Å²) in [7, 11) is 1.58. The van der Waals surface area contributed by atoms with Crippen molar-refractivity contribution < 1.29 is 32.9 Å². The average Bonchev–Trinajstić information content (AvgIpc) is 3.30. The fraction of sp³-hybridized carbons (Fsp3) is 0.915. The van der Waals surface area contributed by atoms with Crippen LogP contribution in [0.4, 0.5) is 0 Å². The van der Waals surface area contributed by atoms with Crippen LogP contribution in [-0.2, 0) is 18.4 Å². The molecule has 0 aromatic heterocycles. The largest absolute Gasteiger partial charge is 0.472 e. The number of carbonyl (C=O) groups excluding carboxylic acids is 1. The maximum Gasteiger partial charge on any atom is 0.472 e. The van der Waals surface area contributed by atoms with Gasteiger partial charge in [0.2, 0.25) is 5.91 Å². The van der Waals surface area contributed by atoms with Crippen molar-refractivity contribution in [1.29, 1.82) is 0 Å². The summed E-state index contributed by atoms with van der Waals surface area (Å²) < 4.78 is 23.4. The maximum absolute atomic E-state index is 12.8. The van der Waals surface area contributed by atoms with Crippen LogP contribution in [0, 0.1) is 0 Å². The van der Waals surface area contributed by atoms with Gasteiger partial charge in [-0.1, -0.05) is 269 Å². The molecule has 0 aliphatic heterocycles. The molecule has 0 aromatic rings. The molecule has 3 N–H and O–H groups in total. The minimum atomic E-state index is -4.32. The van der Waals surface area contributed by atoms with E-state index in [0.717, 1.165) is 44.9 Å². The van der Waals surface area contributed by atoms with Crippen LogP contribution >= 0.6 is 7.82 Å². The highest BCUT2D eigenvalue weighted by molar-refractivity contribution is 7.47. The number of amides is 1. The van der Waals surface area contributed by atoms with Crippen molar-refractivity contribution in [2.45, 2.75) is 309 Å². The molecule has 0 aliphatic rings. The van der Waals surface area contributed by atoms with Gasteiger partial charge in [-0.05, 0) is 44.9 Å². The van der Waals surface area contributed by atoms with Gasteiger partial charge in [-0.2, -0.15) is 0 Å². The number of aliphatic hydroxyl groups excluding tert-OH is 1. The van der Waals surface area contributed by atoms with Crippen molar-refractivity contribution in [2.75, 3.05) is 40.9 Å². The Morgan fingerprint density at radius 1 is 0.485 bits per heavy atom. The number of rotatable bonds is 55. The number of nitrogens with one attached hydrogen (secondary N) is 1. The number of phosphoric acid groups is 1. The smallest absolute Gasteiger partial charge is 0.387 e. The summed E-state index contributed by atoms with van der Waals surface area (Å²) in [6.45, 7) is 4.72. The topological polar surface area (TPSA) is 105 Å². The highest BCUT2D eigenvalue weighted by Crippen LogP contribution is 2.43. The van der Waals surface area contributed by atoms with E-state index < -0.39 is 20.0 Å². The molecule has 0 heterocycles. The number of phosphoric ester groups is 1. The minimum Gasteiger partial charge on any atom is -0.387 e. The molecule has 3 atom stereocenters. The molecule has 68 heavy (non-hydrogen) atoms. The highest BCUT2D eigenvalue weighted by atomic mass is 31.2. The molecule has 0 aromatic carbocycles. The van der Waals surface area contributed by atoms with Crippen LogP contribution in [0.2, 0.25) is 0 Å². The zero-order valence-electron chi connectivity index (χ0n) is 46.1. The Labute approximate surface area is 424 Å². The molecule has 0 saturated carbocycles. The van der Waals surface area contributed by atoms with Crippen LogP contribution in [0.25, 0.3) is 0 Å². The molecule has 0 fully saturated rings. The van der Waals surface area contributed by atoms with Crippen LogP contribution in [-0.4, -0.2) is 73.4 Å². The first-order valence-corrected chi connectivity index (χ1v) is 31.2. The molecule has 0 saturated heterocycles. The third-order valence-corrected chi connectivity index (χ3v) is 14.6. The third-order valence-electron chi connectivity index (χ3n) is 13.7. The van der Waals surface area contributed by atoms with E-state index in [1.807, 2.05) is 27.2 Å². The van der Waals surface area contributed by atoms with E-state index in [1.165, 1.54) is 231 Å². The Morgan fingerprint density at radius 3 is 1.16 bits per heavy atom. The van der Waals surface area contributed by atoms with Gasteiger partial charge in [0.05, 0.1) is 39.9 Å². The number of likely N-dealkylation sites (N-methyl/N-ethyl adjacent to an activating group) is 1. The Kier molecular flexibility index (Phi) is 50.1. The zero-order valence-corrected chi connectivity index (χ0v) is 47.0. The lowest BCUT2D eigenvalue weighted by molar-refractivity contribution is -0.870. The van der Waals surface area contributed by atoms with Gasteiger partial charge in [-0.15, -0.1) is 0 Å². The Bertz CT molecular complexity index is 1160. The molecule has 1 amide bonds. The lowest BCUT2D eigenvalue weighted by Crippen LogP contribution is -2.45. The lowest BCUT2D eigenvalue weighted by Gasteiger charge is -2.25. The molecular formula is C59H118N2O6P+. The van der Waals surface area contributed by atoms with Crippen LogP contribution in [0.1, 0.15) is 296 Å². The SMILES string of the molecule is CCCCC/C=C/C(O)C(COP(=O)(O)OCC[N+](C)(C)C)NC(=O)CCCCCCCCCCCCCCCCCCCCCCCCCCCCCCC/C=C\CCCCCCCCCC. The van der Waals surface area contributed by atoms with E-state index in [2.05, 4.69) is 31.3 Å². The molecule has 9 heteroatoms. The first-order chi connectivity index (χ1) is 33.0.